The highest BCUT2D eigenvalue weighted by molar-refractivity contribution is 5.84. The molecule has 1 aromatic rings. The van der Waals surface area contributed by atoms with E-state index in [4.69, 9.17) is 4.84 Å². The maximum atomic E-state index is 10.1. The normalized spacial score (nSPS) is 11.0. The van der Waals surface area contributed by atoms with Crippen molar-refractivity contribution in [2.75, 3.05) is 0 Å². The van der Waals surface area contributed by atoms with E-state index >= 15 is 0 Å². The molecule has 0 heterocycles. The fourth-order valence-electron chi connectivity index (χ4n) is 4.31. The first kappa shape index (κ1) is 29.5. The standard InChI is InChI=1S/C30H53NO2/c1-4-6-8-10-12-14-16-18-20-22-28(23-21-19-17-15-13-11-9-7-5-2)31-33-30-25-24-27(3)26-29(30)32/h24-26,32H,4-23H2,1-3H3. The Kier molecular flexibility index (Phi) is 18.8. The van der Waals surface area contributed by atoms with Gasteiger partial charge < -0.3 is 9.94 Å². The van der Waals surface area contributed by atoms with Gasteiger partial charge in [-0.15, -0.1) is 0 Å². The Balaban J connectivity index is 2.34. The lowest BCUT2D eigenvalue weighted by molar-refractivity contribution is 0.315. The second-order valence-electron chi connectivity index (χ2n) is 9.88. The Morgan fingerprint density at radius 1 is 0.667 bits per heavy atom. The number of hydrogen-bond acceptors (Lipinski definition) is 3. The van der Waals surface area contributed by atoms with Crippen LogP contribution < -0.4 is 4.84 Å². The highest BCUT2D eigenvalue weighted by atomic mass is 16.6. The molecule has 3 heteroatoms. The van der Waals surface area contributed by atoms with Crippen LogP contribution in [0.5, 0.6) is 11.5 Å². The highest BCUT2D eigenvalue weighted by Crippen LogP contribution is 2.27. The van der Waals surface area contributed by atoms with Crippen LogP contribution >= 0.6 is 0 Å². The number of rotatable bonds is 22. The number of nitrogens with zero attached hydrogens (tertiary/aromatic N) is 1. The number of phenolic OH excluding ortho intramolecular Hbond substituents is 1. The molecular weight excluding hydrogens is 406 g/mol. The van der Waals surface area contributed by atoms with Crippen LogP contribution in [-0.4, -0.2) is 10.8 Å². The first-order valence-electron chi connectivity index (χ1n) is 14.2. The third-order valence-electron chi connectivity index (χ3n) is 6.53. The van der Waals surface area contributed by atoms with Crippen molar-refractivity contribution in [3.63, 3.8) is 0 Å². The molecule has 0 aromatic heterocycles. The number of oxime groups is 1. The van der Waals surface area contributed by atoms with E-state index in [1.807, 2.05) is 19.1 Å². The van der Waals surface area contributed by atoms with E-state index in [-0.39, 0.29) is 5.75 Å². The molecule has 1 rings (SSSR count). The quantitative estimate of drug-likeness (QED) is 0.106. The van der Waals surface area contributed by atoms with Crippen molar-refractivity contribution in [2.45, 2.75) is 149 Å². The van der Waals surface area contributed by atoms with E-state index in [1.54, 1.807) is 6.07 Å². The smallest absolute Gasteiger partial charge is 0.199 e. The molecule has 1 aromatic carbocycles. The van der Waals surface area contributed by atoms with Crippen molar-refractivity contribution in [2.24, 2.45) is 5.16 Å². The summed E-state index contributed by atoms with van der Waals surface area (Å²) in [6.45, 7) is 6.52. The van der Waals surface area contributed by atoms with Crippen molar-refractivity contribution in [1.29, 1.82) is 0 Å². The van der Waals surface area contributed by atoms with E-state index in [9.17, 15) is 5.11 Å². The highest BCUT2D eigenvalue weighted by Gasteiger charge is 2.06. The van der Waals surface area contributed by atoms with Gasteiger partial charge in [0.25, 0.3) is 0 Å². The SMILES string of the molecule is CCCCCCCCCCCC(CCCCCCCCCCC)=NOc1ccc(C)cc1O. The van der Waals surface area contributed by atoms with E-state index in [2.05, 4.69) is 19.0 Å². The molecule has 33 heavy (non-hydrogen) atoms. The Morgan fingerprint density at radius 3 is 1.52 bits per heavy atom. The monoisotopic (exact) mass is 459 g/mol. The summed E-state index contributed by atoms with van der Waals surface area (Å²) < 4.78 is 0. The van der Waals surface area contributed by atoms with Crippen LogP contribution in [0.25, 0.3) is 0 Å². The molecule has 0 saturated heterocycles. The van der Waals surface area contributed by atoms with Crippen LogP contribution in [0.1, 0.15) is 148 Å². The summed E-state index contributed by atoms with van der Waals surface area (Å²) in [6, 6.07) is 5.49. The maximum Gasteiger partial charge on any atom is 0.199 e. The Hall–Kier alpha value is -1.51. The van der Waals surface area contributed by atoms with Crippen molar-refractivity contribution in [3.8, 4) is 11.5 Å². The van der Waals surface area contributed by atoms with E-state index in [0.29, 0.717) is 5.75 Å². The van der Waals surface area contributed by atoms with E-state index in [1.165, 1.54) is 116 Å². The Labute approximate surface area is 205 Å². The number of unbranched alkanes of at least 4 members (excludes halogenated alkanes) is 16. The molecule has 0 amide bonds. The zero-order chi connectivity index (χ0) is 24.0. The Morgan fingerprint density at radius 2 is 1.09 bits per heavy atom. The predicted octanol–water partition coefficient (Wildman–Crippen LogP) is 10.3. The summed E-state index contributed by atoms with van der Waals surface area (Å²) >= 11 is 0. The van der Waals surface area contributed by atoms with Crippen LogP contribution in [0.15, 0.2) is 23.4 Å². The lowest BCUT2D eigenvalue weighted by Gasteiger charge is -2.09. The molecule has 190 valence electrons. The summed E-state index contributed by atoms with van der Waals surface area (Å²) in [4.78, 5) is 5.66. The maximum absolute atomic E-state index is 10.1. The predicted molar refractivity (Wildman–Crippen MR) is 145 cm³/mol. The molecule has 0 fully saturated rings. The van der Waals surface area contributed by atoms with Crippen molar-refractivity contribution < 1.29 is 9.94 Å². The second kappa shape index (κ2) is 21.1. The molecule has 0 aliphatic rings. The molecule has 0 unspecified atom stereocenters. The lowest BCUT2D eigenvalue weighted by Crippen LogP contribution is -2.02. The van der Waals surface area contributed by atoms with Crippen LogP contribution in [0, 0.1) is 6.92 Å². The minimum atomic E-state index is 0.171. The van der Waals surface area contributed by atoms with Gasteiger partial charge >= 0.3 is 0 Å². The topological polar surface area (TPSA) is 41.8 Å². The van der Waals surface area contributed by atoms with Crippen LogP contribution in [0.2, 0.25) is 0 Å². The first-order chi connectivity index (χ1) is 16.2. The second-order valence-corrected chi connectivity index (χ2v) is 9.88. The summed E-state index contributed by atoms with van der Waals surface area (Å²) in [5.41, 5.74) is 2.18. The largest absolute Gasteiger partial charge is 0.504 e. The average molecular weight is 460 g/mol. The number of aromatic hydroxyl groups is 1. The lowest BCUT2D eigenvalue weighted by atomic mass is 10.0. The van der Waals surface area contributed by atoms with Gasteiger partial charge in [-0.25, -0.2) is 0 Å². The average Bonchev–Trinajstić information content (AvgIpc) is 2.80. The zero-order valence-corrected chi connectivity index (χ0v) is 22.2. The van der Waals surface area contributed by atoms with Crippen LogP contribution in [0.4, 0.5) is 0 Å². The van der Waals surface area contributed by atoms with Crippen molar-refractivity contribution in [3.05, 3.63) is 23.8 Å². The number of phenols is 1. The number of benzene rings is 1. The fraction of sp³-hybridized carbons (Fsp3) is 0.767. The molecule has 0 aliphatic heterocycles. The van der Waals surface area contributed by atoms with Crippen LogP contribution in [-0.2, 0) is 0 Å². The summed E-state index contributed by atoms with van der Waals surface area (Å²) in [5.74, 6) is 0.626. The van der Waals surface area contributed by atoms with Gasteiger partial charge in [0.15, 0.2) is 11.5 Å². The van der Waals surface area contributed by atoms with Gasteiger partial charge in [0.2, 0.25) is 0 Å². The third kappa shape index (κ3) is 16.7. The fourth-order valence-corrected chi connectivity index (χ4v) is 4.31. The molecular formula is C30H53NO2. The number of aryl methyl sites for hydroxylation is 1. The summed E-state index contributed by atoms with van der Waals surface area (Å²) in [6.07, 6.45) is 26.1. The summed E-state index contributed by atoms with van der Waals surface area (Å²) in [7, 11) is 0. The molecule has 0 saturated carbocycles. The van der Waals surface area contributed by atoms with Gasteiger partial charge in [0, 0.05) is 0 Å². The third-order valence-corrected chi connectivity index (χ3v) is 6.53. The minimum Gasteiger partial charge on any atom is -0.504 e. The molecule has 0 spiro atoms. The van der Waals surface area contributed by atoms with Gasteiger partial charge in [-0.1, -0.05) is 128 Å². The van der Waals surface area contributed by atoms with Crippen LogP contribution in [0.3, 0.4) is 0 Å². The number of hydrogen-bond donors (Lipinski definition) is 1. The zero-order valence-electron chi connectivity index (χ0n) is 22.2. The molecule has 0 atom stereocenters. The molecule has 0 bridgehead atoms. The molecule has 1 N–H and O–H groups in total. The van der Waals surface area contributed by atoms with Gasteiger partial charge in [-0.3, -0.25) is 0 Å². The van der Waals surface area contributed by atoms with E-state index < -0.39 is 0 Å². The van der Waals surface area contributed by atoms with Crippen molar-refractivity contribution in [1.82, 2.24) is 0 Å². The van der Waals surface area contributed by atoms with Gasteiger partial charge in [0.05, 0.1) is 5.71 Å². The van der Waals surface area contributed by atoms with E-state index in [0.717, 1.165) is 24.1 Å². The van der Waals surface area contributed by atoms with Gasteiger partial charge in [-0.2, -0.15) is 0 Å². The molecule has 3 nitrogen and oxygen atoms in total. The molecule has 0 radical (unpaired) electrons. The minimum absolute atomic E-state index is 0.171. The van der Waals surface area contributed by atoms with Crippen molar-refractivity contribution >= 4 is 5.71 Å². The first-order valence-corrected chi connectivity index (χ1v) is 14.2. The molecule has 0 aliphatic carbocycles. The van der Waals surface area contributed by atoms with Gasteiger partial charge in [-0.05, 0) is 50.3 Å². The summed E-state index contributed by atoms with van der Waals surface area (Å²) in [5, 5.41) is 14.6. The Bertz CT molecular complexity index is 587. The van der Waals surface area contributed by atoms with Gasteiger partial charge in [0.1, 0.15) is 0 Å².